The van der Waals surface area contributed by atoms with Crippen LogP contribution in [0.1, 0.15) is 22.8 Å². The fourth-order valence-electron chi connectivity index (χ4n) is 2.03. The number of halogens is 3. The summed E-state index contributed by atoms with van der Waals surface area (Å²) < 4.78 is 47.8. The van der Waals surface area contributed by atoms with E-state index in [0.29, 0.717) is 5.56 Å². The molecule has 0 bridgehead atoms. The van der Waals surface area contributed by atoms with Crippen LogP contribution in [0.4, 0.5) is 13.2 Å². The van der Waals surface area contributed by atoms with E-state index in [9.17, 15) is 18.0 Å². The summed E-state index contributed by atoms with van der Waals surface area (Å²) >= 11 is 0. The van der Waals surface area contributed by atoms with Crippen LogP contribution in [0.2, 0.25) is 0 Å². The molecule has 0 radical (unpaired) electrons. The molecule has 24 heavy (non-hydrogen) atoms. The monoisotopic (exact) mass is 339 g/mol. The van der Waals surface area contributed by atoms with Crippen LogP contribution in [0.5, 0.6) is 11.5 Å². The van der Waals surface area contributed by atoms with Crippen molar-refractivity contribution in [2.45, 2.75) is 20.1 Å². The van der Waals surface area contributed by atoms with Gasteiger partial charge in [-0.2, -0.15) is 8.78 Å². The molecular weight excluding hydrogens is 323 g/mol. The fraction of sp³-hybridized carbons (Fsp3) is 0.235. The number of amides is 1. The number of carbonyl (C=O) groups is 1. The van der Waals surface area contributed by atoms with Crippen LogP contribution in [0.3, 0.4) is 0 Å². The van der Waals surface area contributed by atoms with Crippen LogP contribution in [-0.2, 0) is 6.54 Å². The minimum atomic E-state index is -3.00. The van der Waals surface area contributed by atoms with Crippen molar-refractivity contribution in [1.82, 2.24) is 5.32 Å². The molecule has 7 heteroatoms. The van der Waals surface area contributed by atoms with E-state index in [2.05, 4.69) is 10.1 Å². The van der Waals surface area contributed by atoms with E-state index in [1.54, 1.807) is 25.1 Å². The molecule has 1 amide bonds. The lowest BCUT2D eigenvalue weighted by molar-refractivity contribution is -0.0514. The minimum Gasteiger partial charge on any atom is -0.490 e. The minimum absolute atomic E-state index is 0.00472. The number of ether oxygens (including phenoxy) is 2. The average molecular weight is 339 g/mol. The SMILES string of the molecule is CCOc1cc(C(=O)NCc2ccccc2F)ccc1OC(F)F. The van der Waals surface area contributed by atoms with Gasteiger partial charge in [0.15, 0.2) is 11.5 Å². The van der Waals surface area contributed by atoms with Crippen LogP contribution in [0, 0.1) is 5.82 Å². The molecule has 0 saturated heterocycles. The quantitative estimate of drug-likeness (QED) is 0.836. The molecule has 2 aromatic carbocycles. The smallest absolute Gasteiger partial charge is 0.387 e. The third kappa shape index (κ3) is 4.65. The van der Waals surface area contributed by atoms with Gasteiger partial charge in [-0.05, 0) is 31.2 Å². The first-order valence-corrected chi connectivity index (χ1v) is 7.24. The number of benzene rings is 2. The van der Waals surface area contributed by atoms with Gasteiger partial charge in [-0.3, -0.25) is 4.79 Å². The summed E-state index contributed by atoms with van der Waals surface area (Å²) in [5, 5.41) is 2.56. The Kier molecular flexibility index (Phi) is 6.06. The molecule has 2 rings (SSSR count). The van der Waals surface area contributed by atoms with Gasteiger partial charge in [0, 0.05) is 17.7 Å². The molecule has 0 spiro atoms. The maximum absolute atomic E-state index is 13.5. The van der Waals surface area contributed by atoms with Crippen LogP contribution in [-0.4, -0.2) is 19.1 Å². The van der Waals surface area contributed by atoms with E-state index >= 15 is 0 Å². The maximum atomic E-state index is 13.5. The number of hydrogen-bond donors (Lipinski definition) is 1. The number of rotatable bonds is 7. The van der Waals surface area contributed by atoms with Gasteiger partial charge in [0.1, 0.15) is 5.82 Å². The van der Waals surface area contributed by atoms with Crippen molar-refractivity contribution < 1.29 is 27.4 Å². The van der Waals surface area contributed by atoms with Gasteiger partial charge in [0.2, 0.25) is 0 Å². The lowest BCUT2D eigenvalue weighted by atomic mass is 10.1. The number of hydrogen-bond acceptors (Lipinski definition) is 3. The molecule has 0 atom stereocenters. The Morgan fingerprint density at radius 1 is 1.17 bits per heavy atom. The average Bonchev–Trinajstić information content (AvgIpc) is 2.55. The van der Waals surface area contributed by atoms with Gasteiger partial charge in [0.25, 0.3) is 5.91 Å². The molecule has 0 aromatic heterocycles. The Bertz CT molecular complexity index is 707. The number of nitrogens with one attached hydrogen (secondary N) is 1. The van der Waals surface area contributed by atoms with Crippen molar-refractivity contribution in [3.8, 4) is 11.5 Å². The summed E-state index contributed by atoms with van der Waals surface area (Å²) in [4.78, 5) is 12.1. The normalized spacial score (nSPS) is 10.5. The van der Waals surface area contributed by atoms with Crippen molar-refractivity contribution >= 4 is 5.91 Å². The molecule has 0 unspecified atom stereocenters. The first kappa shape index (κ1) is 17.7. The number of alkyl halides is 2. The van der Waals surface area contributed by atoms with E-state index in [0.717, 1.165) is 0 Å². The summed E-state index contributed by atoms with van der Waals surface area (Å²) in [6, 6.07) is 9.93. The lowest BCUT2D eigenvalue weighted by Crippen LogP contribution is -2.23. The molecule has 0 heterocycles. The summed E-state index contributed by atoms with van der Waals surface area (Å²) in [6.45, 7) is -1.09. The predicted molar refractivity (Wildman–Crippen MR) is 81.8 cm³/mol. The highest BCUT2D eigenvalue weighted by Crippen LogP contribution is 2.29. The van der Waals surface area contributed by atoms with Crippen molar-refractivity contribution in [3.63, 3.8) is 0 Å². The molecule has 0 aliphatic carbocycles. The molecule has 0 aliphatic rings. The Balaban J connectivity index is 2.11. The van der Waals surface area contributed by atoms with E-state index in [1.165, 1.54) is 24.3 Å². The van der Waals surface area contributed by atoms with Crippen LogP contribution >= 0.6 is 0 Å². The fourth-order valence-corrected chi connectivity index (χ4v) is 2.03. The van der Waals surface area contributed by atoms with E-state index in [1.807, 2.05) is 0 Å². The van der Waals surface area contributed by atoms with Gasteiger partial charge in [-0.1, -0.05) is 18.2 Å². The van der Waals surface area contributed by atoms with Gasteiger partial charge in [-0.15, -0.1) is 0 Å². The first-order valence-electron chi connectivity index (χ1n) is 7.24. The topological polar surface area (TPSA) is 47.6 Å². The Morgan fingerprint density at radius 2 is 1.92 bits per heavy atom. The summed E-state index contributed by atoms with van der Waals surface area (Å²) in [5.74, 6) is -1.02. The highest BCUT2D eigenvalue weighted by molar-refractivity contribution is 5.94. The van der Waals surface area contributed by atoms with Crippen LogP contribution in [0.15, 0.2) is 42.5 Å². The van der Waals surface area contributed by atoms with Gasteiger partial charge in [-0.25, -0.2) is 4.39 Å². The molecule has 0 saturated carbocycles. The number of carbonyl (C=O) groups excluding carboxylic acids is 1. The zero-order valence-electron chi connectivity index (χ0n) is 12.9. The highest BCUT2D eigenvalue weighted by atomic mass is 19.3. The summed E-state index contributed by atoms with van der Waals surface area (Å²) in [5.41, 5.74) is 0.532. The zero-order valence-corrected chi connectivity index (χ0v) is 12.9. The zero-order chi connectivity index (χ0) is 17.5. The summed E-state index contributed by atoms with van der Waals surface area (Å²) in [7, 11) is 0. The maximum Gasteiger partial charge on any atom is 0.387 e. The summed E-state index contributed by atoms with van der Waals surface area (Å²) in [6.07, 6.45) is 0. The van der Waals surface area contributed by atoms with E-state index in [-0.39, 0.29) is 30.2 Å². The first-order chi connectivity index (χ1) is 11.5. The molecule has 0 aliphatic heterocycles. The second-order valence-electron chi connectivity index (χ2n) is 4.75. The van der Waals surface area contributed by atoms with E-state index in [4.69, 9.17) is 4.74 Å². The Hall–Kier alpha value is -2.70. The Labute approximate surface area is 137 Å². The molecule has 0 fully saturated rings. The van der Waals surface area contributed by atoms with Crippen LogP contribution in [0.25, 0.3) is 0 Å². The van der Waals surface area contributed by atoms with Gasteiger partial charge < -0.3 is 14.8 Å². The molecule has 4 nitrogen and oxygen atoms in total. The van der Waals surface area contributed by atoms with Crippen LogP contribution < -0.4 is 14.8 Å². The third-order valence-corrected chi connectivity index (χ3v) is 3.12. The standard InChI is InChI=1S/C17H16F3NO3/c1-2-23-15-9-11(7-8-14(15)24-17(19)20)16(22)21-10-12-5-3-4-6-13(12)18/h3-9,17H,2,10H2,1H3,(H,21,22). The molecule has 2 aromatic rings. The van der Waals surface area contributed by atoms with E-state index < -0.39 is 18.3 Å². The second kappa shape index (κ2) is 8.24. The molecule has 128 valence electrons. The third-order valence-electron chi connectivity index (χ3n) is 3.12. The molecular formula is C17H16F3NO3. The largest absolute Gasteiger partial charge is 0.490 e. The van der Waals surface area contributed by atoms with Crippen molar-refractivity contribution in [2.24, 2.45) is 0 Å². The van der Waals surface area contributed by atoms with Crippen molar-refractivity contribution in [3.05, 3.63) is 59.4 Å². The van der Waals surface area contributed by atoms with Crippen molar-refractivity contribution in [1.29, 1.82) is 0 Å². The predicted octanol–water partition coefficient (Wildman–Crippen LogP) is 3.76. The lowest BCUT2D eigenvalue weighted by Gasteiger charge is -2.13. The second-order valence-corrected chi connectivity index (χ2v) is 4.75. The van der Waals surface area contributed by atoms with Gasteiger partial charge >= 0.3 is 6.61 Å². The Morgan fingerprint density at radius 3 is 2.58 bits per heavy atom. The molecule has 1 N–H and O–H groups in total. The van der Waals surface area contributed by atoms with Gasteiger partial charge in [0.05, 0.1) is 6.61 Å². The van der Waals surface area contributed by atoms with Crippen molar-refractivity contribution in [2.75, 3.05) is 6.61 Å². The highest BCUT2D eigenvalue weighted by Gasteiger charge is 2.15.